The van der Waals surface area contributed by atoms with Crippen molar-refractivity contribution in [1.29, 1.82) is 0 Å². The maximum absolute atomic E-state index is 13.0. The lowest BCUT2D eigenvalue weighted by Gasteiger charge is -2.14. The van der Waals surface area contributed by atoms with Crippen molar-refractivity contribution in [3.8, 4) is 5.75 Å². The van der Waals surface area contributed by atoms with Gasteiger partial charge in [0.15, 0.2) is 0 Å². The zero-order chi connectivity index (χ0) is 23.5. The summed E-state index contributed by atoms with van der Waals surface area (Å²) >= 11 is 6.07. The highest BCUT2D eigenvalue weighted by Gasteiger charge is 2.21. The Kier molecular flexibility index (Phi) is 6.90. The van der Waals surface area contributed by atoms with Crippen molar-refractivity contribution in [3.63, 3.8) is 0 Å². The van der Waals surface area contributed by atoms with Gasteiger partial charge in [0, 0.05) is 30.1 Å². The van der Waals surface area contributed by atoms with Crippen LogP contribution < -0.4 is 14.8 Å². The van der Waals surface area contributed by atoms with Gasteiger partial charge in [-0.1, -0.05) is 23.7 Å². The predicted octanol–water partition coefficient (Wildman–Crippen LogP) is 4.15. The number of hydrogen-bond acceptors (Lipinski definition) is 5. The van der Waals surface area contributed by atoms with Crippen LogP contribution in [0.25, 0.3) is 6.08 Å². The number of aromatic nitrogens is 2. The van der Waals surface area contributed by atoms with Gasteiger partial charge >= 0.3 is 0 Å². The predicted molar refractivity (Wildman–Crippen MR) is 126 cm³/mol. The highest BCUT2D eigenvalue weighted by molar-refractivity contribution is 7.92. The Labute approximate surface area is 191 Å². The summed E-state index contributed by atoms with van der Waals surface area (Å²) < 4.78 is 35.3. The van der Waals surface area contributed by atoms with Crippen LogP contribution in [0.15, 0.2) is 53.4 Å². The molecule has 0 aliphatic rings. The van der Waals surface area contributed by atoms with Crippen LogP contribution >= 0.6 is 11.6 Å². The fourth-order valence-corrected chi connectivity index (χ4v) is 4.60. The quantitative estimate of drug-likeness (QED) is 0.501. The number of carbonyl (C=O) groups is 1. The lowest BCUT2D eigenvalue weighted by Crippen LogP contribution is -2.15. The molecule has 10 heteroatoms. The molecule has 2 N–H and O–H groups in total. The normalized spacial score (nSPS) is 11.5. The van der Waals surface area contributed by atoms with Crippen LogP contribution in [0.2, 0.25) is 5.02 Å². The number of carbonyl (C=O) groups excluding carboxylic acids is 1. The lowest BCUT2D eigenvalue weighted by atomic mass is 10.2. The fraction of sp³-hybridized carbons (Fsp3) is 0.182. The average Bonchev–Trinajstić information content (AvgIpc) is 2.99. The Morgan fingerprint density at radius 1 is 1.19 bits per heavy atom. The topological polar surface area (TPSA) is 102 Å². The molecule has 3 rings (SSSR count). The minimum Gasteiger partial charge on any atom is -0.495 e. The average molecular weight is 475 g/mol. The van der Waals surface area contributed by atoms with Crippen LogP contribution in [-0.4, -0.2) is 31.2 Å². The number of nitrogens with zero attached hydrogens (tertiary/aromatic N) is 2. The van der Waals surface area contributed by atoms with E-state index in [9.17, 15) is 13.2 Å². The molecule has 0 aliphatic heterocycles. The van der Waals surface area contributed by atoms with Crippen LogP contribution in [0.3, 0.4) is 0 Å². The number of halogens is 1. The molecule has 0 bridgehead atoms. The van der Waals surface area contributed by atoms with E-state index >= 15 is 0 Å². The molecule has 0 radical (unpaired) electrons. The molecule has 0 atom stereocenters. The number of rotatable bonds is 7. The van der Waals surface area contributed by atoms with E-state index < -0.39 is 15.9 Å². The molecule has 1 aromatic heterocycles. The van der Waals surface area contributed by atoms with E-state index in [0.717, 1.165) is 17.0 Å². The van der Waals surface area contributed by atoms with Crippen molar-refractivity contribution in [2.24, 2.45) is 7.05 Å². The van der Waals surface area contributed by atoms with E-state index in [0.29, 0.717) is 5.69 Å². The molecule has 1 heterocycles. The highest BCUT2D eigenvalue weighted by Crippen LogP contribution is 2.30. The maximum atomic E-state index is 13.0. The number of ether oxygens (including phenoxy) is 1. The summed E-state index contributed by atoms with van der Waals surface area (Å²) in [4.78, 5) is 12.3. The van der Waals surface area contributed by atoms with E-state index in [1.165, 1.54) is 25.3 Å². The monoisotopic (exact) mass is 474 g/mol. The van der Waals surface area contributed by atoms with Gasteiger partial charge in [0.1, 0.15) is 10.6 Å². The van der Waals surface area contributed by atoms with Gasteiger partial charge in [-0.2, -0.15) is 5.10 Å². The number of methoxy groups -OCH3 is 1. The van der Waals surface area contributed by atoms with Crippen LogP contribution in [0.4, 0.5) is 11.4 Å². The number of benzene rings is 2. The van der Waals surface area contributed by atoms with Gasteiger partial charge in [-0.3, -0.25) is 14.2 Å². The largest absolute Gasteiger partial charge is 0.495 e. The van der Waals surface area contributed by atoms with Gasteiger partial charge < -0.3 is 10.1 Å². The number of para-hydroxylation sites is 1. The van der Waals surface area contributed by atoms with E-state index in [2.05, 4.69) is 15.1 Å². The summed E-state index contributed by atoms with van der Waals surface area (Å²) in [6, 6.07) is 10.8. The molecule has 8 nitrogen and oxygen atoms in total. The van der Waals surface area contributed by atoms with Crippen LogP contribution in [0.1, 0.15) is 17.0 Å². The van der Waals surface area contributed by atoms with Crippen molar-refractivity contribution >= 4 is 45.0 Å². The third-order valence-corrected chi connectivity index (χ3v) is 6.52. The Morgan fingerprint density at radius 2 is 1.91 bits per heavy atom. The molecular weight excluding hydrogens is 452 g/mol. The molecule has 2 aromatic carbocycles. The molecule has 0 spiro atoms. The smallest absolute Gasteiger partial charge is 0.265 e. The lowest BCUT2D eigenvalue weighted by molar-refractivity contribution is -0.111. The summed E-state index contributed by atoms with van der Waals surface area (Å²) in [5.41, 5.74) is 3.10. The molecule has 168 valence electrons. The SMILES string of the molecule is COc1ccc(NC(=O)/C=C/c2c(C)nn(C)c2C)cc1S(=O)(=O)Nc1ccccc1Cl. The molecule has 3 aromatic rings. The fourth-order valence-electron chi connectivity index (χ4n) is 3.08. The molecule has 0 saturated heterocycles. The standard InChI is InChI=1S/C22H23ClN4O4S/c1-14-17(15(2)27(3)25-14)10-12-22(28)24-16-9-11-20(31-4)21(13-16)32(29,30)26-19-8-6-5-7-18(19)23/h5-13,26H,1-4H3,(H,24,28)/b12-10+. The molecule has 0 aliphatic carbocycles. The van der Waals surface area contributed by atoms with Crippen LogP contribution in [0.5, 0.6) is 5.75 Å². The van der Waals surface area contributed by atoms with Crippen LogP contribution in [0, 0.1) is 13.8 Å². The van der Waals surface area contributed by atoms with Gasteiger partial charge in [0.05, 0.1) is 23.5 Å². The van der Waals surface area contributed by atoms with Gasteiger partial charge in [-0.05, 0) is 50.3 Å². The second-order valence-corrected chi connectivity index (χ2v) is 9.04. The molecule has 0 fully saturated rings. The van der Waals surface area contributed by atoms with Crippen LogP contribution in [-0.2, 0) is 21.9 Å². The summed E-state index contributed by atoms with van der Waals surface area (Å²) in [6.45, 7) is 3.77. The second kappa shape index (κ2) is 9.46. The molecule has 0 saturated carbocycles. The van der Waals surface area contributed by atoms with E-state index in [-0.39, 0.29) is 21.4 Å². The third kappa shape index (κ3) is 5.12. The Bertz CT molecular complexity index is 1300. The maximum Gasteiger partial charge on any atom is 0.265 e. The Hall–Kier alpha value is -3.30. The second-order valence-electron chi connectivity index (χ2n) is 6.98. The number of sulfonamides is 1. The number of anilines is 2. The van der Waals surface area contributed by atoms with Crippen molar-refractivity contribution < 1.29 is 17.9 Å². The highest BCUT2D eigenvalue weighted by atomic mass is 35.5. The van der Waals surface area contributed by atoms with E-state index in [1.54, 1.807) is 41.1 Å². The number of aryl methyl sites for hydroxylation is 2. The van der Waals surface area contributed by atoms with Gasteiger partial charge in [-0.15, -0.1) is 0 Å². The molecule has 32 heavy (non-hydrogen) atoms. The van der Waals surface area contributed by atoms with Gasteiger partial charge in [-0.25, -0.2) is 8.42 Å². The summed E-state index contributed by atoms with van der Waals surface area (Å²) in [5.74, 6) is -0.292. The van der Waals surface area contributed by atoms with E-state index in [4.69, 9.17) is 16.3 Å². The Morgan fingerprint density at radius 3 is 2.53 bits per heavy atom. The summed E-state index contributed by atoms with van der Waals surface area (Å²) in [5, 5.41) is 7.23. The van der Waals surface area contributed by atoms with Crippen molar-refractivity contribution in [1.82, 2.24) is 9.78 Å². The number of nitrogens with one attached hydrogen (secondary N) is 2. The van der Waals surface area contributed by atoms with E-state index in [1.807, 2.05) is 20.9 Å². The molecular formula is C22H23ClN4O4S. The minimum absolute atomic E-state index is 0.125. The minimum atomic E-state index is -4.04. The third-order valence-electron chi connectivity index (χ3n) is 4.81. The molecule has 1 amide bonds. The van der Waals surface area contributed by atoms with Crippen molar-refractivity contribution in [3.05, 3.63) is 70.5 Å². The van der Waals surface area contributed by atoms with Crippen molar-refractivity contribution in [2.45, 2.75) is 18.7 Å². The van der Waals surface area contributed by atoms with Crippen molar-refractivity contribution in [2.75, 3.05) is 17.1 Å². The zero-order valence-corrected chi connectivity index (χ0v) is 19.6. The number of hydrogen-bond donors (Lipinski definition) is 2. The first-order valence-corrected chi connectivity index (χ1v) is 11.4. The first-order chi connectivity index (χ1) is 15.1. The summed E-state index contributed by atoms with van der Waals surface area (Å²) in [6.07, 6.45) is 3.05. The number of amides is 1. The zero-order valence-electron chi connectivity index (χ0n) is 18.0. The first kappa shape index (κ1) is 23.4. The Balaban J connectivity index is 1.85. The van der Waals surface area contributed by atoms with Gasteiger partial charge in [0.25, 0.3) is 10.0 Å². The molecule has 0 unspecified atom stereocenters. The first-order valence-electron chi connectivity index (χ1n) is 9.57. The summed E-state index contributed by atoms with van der Waals surface area (Å²) in [7, 11) is -0.847. The van der Waals surface area contributed by atoms with Gasteiger partial charge in [0.2, 0.25) is 5.91 Å².